The predicted molar refractivity (Wildman–Crippen MR) is 110 cm³/mol. The largest absolute Gasteiger partial charge is 0.324 e. The summed E-state index contributed by atoms with van der Waals surface area (Å²) >= 11 is 3.52. The van der Waals surface area contributed by atoms with Gasteiger partial charge in [-0.1, -0.05) is 34.5 Å². The van der Waals surface area contributed by atoms with E-state index in [0.717, 1.165) is 51.6 Å². The Morgan fingerprint density at radius 2 is 2.11 bits per heavy atom. The van der Waals surface area contributed by atoms with E-state index in [1.54, 1.807) is 0 Å². The summed E-state index contributed by atoms with van der Waals surface area (Å²) in [5.41, 5.74) is 3.49. The third-order valence-corrected chi connectivity index (χ3v) is 5.74. The number of aromatic amines is 1. The van der Waals surface area contributed by atoms with Crippen LogP contribution in [-0.2, 0) is 4.79 Å². The highest BCUT2D eigenvalue weighted by molar-refractivity contribution is 9.10. The van der Waals surface area contributed by atoms with E-state index in [1.165, 1.54) is 0 Å². The van der Waals surface area contributed by atoms with Crippen molar-refractivity contribution in [1.29, 1.82) is 0 Å². The van der Waals surface area contributed by atoms with Gasteiger partial charge in [0, 0.05) is 27.5 Å². The van der Waals surface area contributed by atoms with Crippen LogP contribution in [0.1, 0.15) is 19.3 Å². The molecule has 8 heteroatoms. The number of carbonyl (C=O) groups is 1. The predicted octanol–water partition coefficient (Wildman–Crippen LogP) is 4.31. The number of amides is 1. The molecule has 2 N–H and O–H groups in total. The summed E-state index contributed by atoms with van der Waals surface area (Å²) in [6.45, 7) is 0. The van der Waals surface area contributed by atoms with Crippen LogP contribution in [0.5, 0.6) is 0 Å². The molecule has 2 aromatic carbocycles. The molecular formula is C20H17BrN6O. The van der Waals surface area contributed by atoms with E-state index in [9.17, 15) is 4.79 Å². The first kappa shape index (κ1) is 17.1. The van der Waals surface area contributed by atoms with Crippen LogP contribution in [-0.4, -0.2) is 31.1 Å². The van der Waals surface area contributed by atoms with Gasteiger partial charge in [-0.3, -0.25) is 4.79 Å². The fraction of sp³-hybridized carbons (Fsp3) is 0.200. The molecule has 1 amide bonds. The van der Waals surface area contributed by atoms with Crippen molar-refractivity contribution >= 4 is 38.4 Å². The molecule has 1 saturated carbocycles. The molecule has 2 heterocycles. The van der Waals surface area contributed by atoms with Crippen LogP contribution in [0.4, 0.5) is 5.69 Å². The lowest BCUT2D eigenvalue weighted by atomic mass is 9.85. The van der Waals surface area contributed by atoms with Gasteiger partial charge < -0.3 is 9.88 Å². The molecule has 0 unspecified atom stereocenters. The van der Waals surface area contributed by atoms with Crippen molar-refractivity contribution in [3.63, 3.8) is 0 Å². The molecular weight excluding hydrogens is 420 g/mol. The number of carbonyl (C=O) groups excluding carboxylic acids is 1. The van der Waals surface area contributed by atoms with Crippen molar-refractivity contribution in [2.45, 2.75) is 19.3 Å². The Kier molecular flexibility index (Phi) is 4.20. The number of benzene rings is 2. The molecule has 0 atom stereocenters. The first-order valence-electron chi connectivity index (χ1n) is 9.15. The number of rotatable bonds is 4. The van der Waals surface area contributed by atoms with E-state index < -0.39 is 0 Å². The summed E-state index contributed by atoms with van der Waals surface area (Å²) in [5, 5.41) is 18.7. The molecule has 0 saturated heterocycles. The lowest BCUT2D eigenvalue weighted by molar-refractivity contribution is -0.122. The standard InChI is InChI=1S/C20H17BrN6O/c21-14-7-8-17(15(11-14)19-23-25-26-24-19)27-10-9-12-3-2-6-16(18(12)27)22-20(28)13-4-1-5-13/h2-3,6-11,13H,1,4-5H2,(H,22,28)(H,23,24,25,26). The van der Waals surface area contributed by atoms with E-state index >= 15 is 0 Å². The van der Waals surface area contributed by atoms with E-state index in [4.69, 9.17) is 0 Å². The van der Waals surface area contributed by atoms with Crippen molar-refractivity contribution in [3.05, 3.63) is 53.1 Å². The van der Waals surface area contributed by atoms with Gasteiger partial charge in [-0.15, -0.1) is 10.2 Å². The van der Waals surface area contributed by atoms with Crippen LogP contribution in [0.25, 0.3) is 28.0 Å². The molecule has 0 radical (unpaired) electrons. The quantitative estimate of drug-likeness (QED) is 0.498. The maximum absolute atomic E-state index is 12.5. The fourth-order valence-corrected chi connectivity index (χ4v) is 3.94. The summed E-state index contributed by atoms with van der Waals surface area (Å²) in [4.78, 5) is 12.5. The monoisotopic (exact) mass is 436 g/mol. The summed E-state index contributed by atoms with van der Waals surface area (Å²) in [6, 6.07) is 13.9. The molecule has 1 aliphatic carbocycles. The zero-order chi connectivity index (χ0) is 19.1. The Hall–Kier alpha value is -3.00. The second kappa shape index (κ2) is 6.87. The molecule has 140 valence electrons. The van der Waals surface area contributed by atoms with Gasteiger partial charge in [0.25, 0.3) is 0 Å². The number of halogens is 1. The number of H-pyrrole nitrogens is 1. The number of hydrogen-bond donors (Lipinski definition) is 2. The Morgan fingerprint density at radius 1 is 1.21 bits per heavy atom. The average molecular weight is 437 g/mol. The summed E-state index contributed by atoms with van der Waals surface area (Å²) in [6.07, 6.45) is 5.07. The minimum atomic E-state index is 0.0979. The van der Waals surface area contributed by atoms with Gasteiger partial charge in [-0.25, -0.2) is 0 Å². The van der Waals surface area contributed by atoms with Crippen molar-refractivity contribution in [3.8, 4) is 17.1 Å². The molecule has 5 rings (SSSR count). The highest BCUT2D eigenvalue weighted by atomic mass is 79.9. The van der Waals surface area contributed by atoms with Gasteiger partial charge in [0.05, 0.1) is 16.9 Å². The lowest BCUT2D eigenvalue weighted by Crippen LogP contribution is -2.28. The molecule has 4 aromatic rings. The number of anilines is 1. The van der Waals surface area contributed by atoms with Crippen molar-refractivity contribution < 1.29 is 4.79 Å². The van der Waals surface area contributed by atoms with E-state index in [-0.39, 0.29) is 11.8 Å². The minimum Gasteiger partial charge on any atom is -0.324 e. The van der Waals surface area contributed by atoms with Crippen LogP contribution >= 0.6 is 15.9 Å². The van der Waals surface area contributed by atoms with E-state index in [2.05, 4.69) is 46.4 Å². The first-order chi connectivity index (χ1) is 13.7. The number of nitrogens with one attached hydrogen (secondary N) is 2. The molecule has 1 aliphatic rings. The fourth-order valence-electron chi connectivity index (χ4n) is 3.57. The Bertz CT molecular complexity index is 1160. The Balaban J connectivity index is 1.65. The van der Waals surface area contributed by atoms with Crippen LogP contribution in [0.2, 0.25) is 0 Å². The van der Waals surface area contributed by atoms with Gasteiger partial charge in [-0.05, 0) is 48.4 Å². The molecule has 1 fully saturated rings. The molecule has 7 nitrogen and oxygen atoms in total. The van der Waals surface area contributed by atoms with Crippen molar-refractivity contribution in [2.75, 3.05) is 5.32 Å². The van der Waals surface area contributed by atoms with E-state index in [1.807, 2.05) is 48.7 Å². The minimum absolute atomic E-state index is 0.0979. The second-order valence-electron chi connectivity index (χ2n) is 6.94. The number of tetrazole rings is 1. The summed E-state index contributed by atoms with van der Waals surface area (Å²) in [5.74, 6) is 0.732. The SMILES string of the molecule is O=C(Nc1cccc2ccn(-c3ccc(Br)cc3-c3nn[nH]n3)c12)C1CCC1. The summed E-state index contributed by atoms with van der Waals surface area (Å²) in [7, 11) is 0. The van der Waals surface area contributed by atoms with Crippen molar-refractivity contribution in [2.24, 2.45) is 5.92 Å². The van der Waals surface area contributed by atoms with Gasteiger partial charge in [-0.2, -0.15) is 5.21 Å². The average Bonchev–Trinajstić information content (AvgIpc) is 3.30. The molecule has 28 heavy (non-hydrogen) atoms. The van der Waals surface area contributed by atoms with Gasteiger partial charge in [0.15, 0.2) is 0 Å². The zero-order valence-corrected chi connectivity index (χ0v) is 16.5. The van der Waals surface area contributed by atoms with Gasteiger partial charge in [0.1, 0.15) is 0 Å². The highest BCUT2D eigenvalue weighted by Crippen LogP contribution is 2.34. The maximum atomic E-state index is 12.5. The number of fused-ring (bicyclic) bond motifs is 1. The van der Waals surface area contributed by atoms with E-state index in [0.29, 0.717) is 5.82 Å². The number of para-hydroxylation sites is 1. The smallest absolute Gasteiger partial charge is 0.227 e. The Labute approximate surface area is 169 Å². The third kappa shape index (κ3) is 2.90. The highest BCUT2D eigenvalue weighted by Gasteiger charge is 2.26. The summed E-state index contributed by atoms with van der Waals surface area (Å²) < 4.78 is 2.98. The second-order valence-corrected chi connectivity index (χ2v) is 7.86. The number of hydrogen-bond acceptors (Lipinski definition) is 4. The molecule has 0 bridgehead atoms. The normalized spacial score (nSPS) is 14.2. The number of nitrogens with zero attached hydrogens (tertiary/aromatic N) is 4. The molecule has 2 aromatic heterocycles. The number of aromatic nitrogens is 5. The Morgan fingerprint density at radius 3 is 2.86 bits per heavy atom. The van der Waals surface area contributed by atoms with Crippen LogP contribution < -0.4 is 5.32 Å². The van der Waals surface area contributed by atoms with Gasteiger partial charge in [0.2, 0.25) is 11.7 Å². The zero-order valence-electron chi connectivity index (χ0n) is 14.9. The van der Waals surface area contributed by atoms with Crippen LogP contribution in [0.3, 0.4) is 0 Å². The topological polar surface area (TPSA) is 88.5 Å². The van der Waals surface area contributed by atoms with Crippen LogP contribution in [0.15, 0.2) is 53.1 Å². The molecule has 0 aliphatic heterocycles. The maximum Gasteiger partial charge on any atom is 0.227 e. The van der Waals surface area contributed by atoms with Crippen molar-refractivity contribution in [1.82, 2.24) is 25.2 Å². The van der Waals surface area contributed by atoms with Gasteiger partial charge >= 0.3 is 0 Å². The van der Waals surface area contributed by atoms with Crippen LogP contribution in [0, 0.1) is 5.92 Å². The first-order valence-corrected chi connectivity index (χ1v) is 9.95. The molecule has 0 spiro atoms. The third-order valence-electron chi connectivity index (χ3n) is 5.25. The lowest BCUT2D eigenvalue weighted by Gasteiger charge is -2.24.